The monoisotopic (exact) mass is 294 g/mol. The maximum atomic E-state index is 9.64. The number of rotatable bonds is 2. The van der Waals surface area contributed by atoms with Crippen molar-refractivity contribution in [1.29, 1.82) is 0 Å². The van der Waals surface area contributed by atoms with Gasteiger partial charge in [0.05, 0.1) is 16.8 Å². The Morgan fingerprint density at radius 2 is 2.00 bits per heavy atom. The summed E-state index contributed by atoms with van der Waals surface area (Å²) in [6.07, 6.45) is 3.37. The van der Waals surface area contributed by atoms with Crippen molar-refractivity contribution in [3.05, 3.63) is 28.8 Å². The Balaban J connectivity index is 1.82. The summed E-state index contributed by atoms with van der Waals surface area (Å²) in [7, 11) is 2.25. The van der Waals surface area contributed by atoms with Crippen molar-refractivity contribution < 1.29 is 5.11 Å². The fourth-order valence-electron chi connectivity index (χ4n) is 3.57. The van der Waals surface area contributed by atoms with Gasteiger partial charge in [-0.05, 0) is 50.9 Å². The topological polar surface area (TPSA) is 26.7 Å². The minimum absolute atomic E-state index is 0.465. The molecular weight excluding hydrogens is 272 g/mol. The van der Waals surface area contributed by atoms with Crippen molar-refractivity contribution in [2.45, 2.75) is 44.4 Å². The van der Waals surface area contributed by atoms with Gasteiger partial charge in [0.15, 0.2) is 0 Å². The molecule has 20 heavy (non-hydrogen) atoms. The van der Waals surface area contributed by atoms with Crippen LogP contribution in [0.1, 0.15) is 37.9 Å². The van der Waals surface area contributed by atoms with Crippen molar-refractivity contribution in [2.75, 3.05) is 25.0 Å². The summed E-state index contributed by atoms with van der Waals surface area (Å²) in [5.74, 6) is 0. The summed E-state index contributed by atoms with van der Waals surface area (Å²) in [6, 6.07) is 7.33. The van der Waals surface area contributed by atoms with Crippen LogP contribution in [0.15, 0.2) is 18.2 Å². The SMILES string of the molecule is C[C@@H](O)c1ccc(N2CCC3CCC(C2)N3C)c(Cl)c1. The maximum absolute atomic E-state index is 9.64. The molecule has 0 aliphatic carbocycles. The van der Waals surface area contributed by atoms with Gasteiger partial charge in [0, 0.05) is 25.2 Å². The van der Waals surface area contributed by atoms with Crippen molar-refractivity contribution in [3.63, 3.8) is 0 Å². The Bertz CT molecular complexity index is 491. The quantitative estimate of drug-likeness (QED) is 0.908. The largest absolute Gasteiger partial charge is 0.389 e. The van der Waals surface area contributed by atoms with Crippen LogP contribution in [-0.4, -0.2) is 42.2 Å². The molecule has 2 heterocycles. The number of hydrogen-bond acceptors (Lipinski definition) is 3. The molecule has 0 saturated carbocycles. The van der Waals surface area contributed by atoms with Gasteiger partial charge >= 0.3 is 0 Å². The van der Waals surface area contributed by atoms with Gasteiger partial charge in [-0.1, -0.05) is 17.7 Å². The fourth-order valence-corrected chi connectivity index (χ4v) is 3.88. The van der Waals surface area contributed by atoms with Crippen molar-refractivity contribution in [3.8, 4) is 0 Å². The molecule has 2 saturated heterocycles. The first kappa shape index (κ1) is 14.2. The van der Waals surface area contributed by atoms with Gasteiger partial charge in [0.1, 0.15) is 0 Å². The van der Waals surface area contributed by atoms with Gasteiger partial charge in [-0.15, -0.1) is 0 Å². The molecule has 0 radical (unpaired) electrons. The maximum Gasteiger partial charge on any atom is 0.0762 e. The Labute approximate surface area is 126 Å². The summed E-state index contributed by atoms with van der Waals surface area (Å²) in [5.41, 5.74) is 1.99. The predicted molar refractivity (Wildman–Crippen MR) is 83.5 cm³/mol. The smallest absolute Gasteiger partial charge is 0.0762 e. The second kappa shape index (κ2) is 5.55. The third-order valence-electron chi connectivity index (χ3n) is 4.94. The molecule has 3 atom stereocenters. The van der Waals surface area contributed by atoms with Crippen LogP contribution in [0.2, 0.25) is 5.02 Å². The highest BCUT2D eigenvalue weighted by molar-refractivity contribution is 6.33. The van der Waals surface area contributed by atoms with Crippen LogP contribution < -0.4 is 4.90 Å². The van der Waals surface area contributed by atoms with Gasteiger partial charge in [0.25, 0.3) is 0 Å². The minimum Gasteiger partial charge on any atom is -0.389 e. The number of benzene rings is 1. The molecule has 2 bridgehead atoms. The van der Waals surface area contributed by atoms with Gasteiger partial charge in [-0.25, -0.2) is 0 Å². The number of halogens is 1. The van der Waals surface area contributed by atoms with Crippen LogP contribution in [0, 0.1) is 0 Å². The Morgan fingerprint density at radius 3 is 2.70 bits per heavy atom. The Morgan fingerprint density at radius 1 is 1.25 bits per heavy atom. The average molecular weight is 295 g/mol. The summed E-state index contributed by atoms with van der Waals surface area (Å²) in [6.45, 7) is 3.89. The molecule has 2 aliphatic rings. The number of fused-ring (bicyclic) bond motifs is 2. The number of nitrogens with zero attached hydrogens (tertiary/aromatic N) is 2. The lowest BCUT2D eigenvalue weighted by molar-refractivity contribution is 0.199. The molecule has 2 unspecified atom stereocenters. The molecule has 0 spiro atoms. The van der Waals surface area contributed by atoms with E-state index in [2.05, 4.69) is 22.9 Å². The Hall–Kier alpha value is -0.770. The number of likely N-dealkylation sites (N-methyl/N-ethyl adjacent to an activating group) is 1. The highest BCUT2D eigenvalue weighted by atomic mass is 35.5. The minimum atomic E-state index is -0.465. The summed E-state index contributed by atoms with van der Waals surface area (Å²) < 4.78 is 0. The van der Waals surface area contributed by atoms with Gasteiger partial charge in [-0.2, -0.15) is 0 Å². The van der Waals surface area contributed by atoms with Crippen molar-refractivity contribution >= 4 is 17.3 Å². The lowest BCUT2D eigenvalue weighted by Crippen LogP contribution is -2.36. The lowest BCUT2D eigenvalue weighted by Gasteiger charge is -2.28. The van der Waals surface area contributed by atoms with E-state index in [9.17, 15) is 5.11 Å². The lowest BCUT2D eigenvalue weighted by atomic mass is 10.1. The van der Waals surface area contributed by atoms with E-state index in [4.69, 9.17) is 11.6 Å². The fraction of sp³-hybridized carbons (Fsp3) is 0.625. The summed E-state index contributed by atoms with van der Waals surface area (Å²) >= 11 is 6.43. The van der Waals surface area contributed by atoms with Crippen LogP contribution in [0.3, 0.4) is 0 Å². The molecule has 0 aromatic heterocycles. The third-order valence-corrected chi connectivity index (χ3v) is 5.25. The predicted octanol–water partition coefficient (Wildman–Crippen LogP) is 3.07. The molecular formula is C16H23ClN2O. The van der Waals surface area contributed by atoms with Crippen molar-refractivity contribution in [2.24, 2.45) is 0 Å². The first-order valence-electron chi connectivity index (χ1n) is 7.50. The molecule has 3 rings (SSSR count). The van der Waals surface area contributed by atoms with E-state index in [0.29, 0.717) is 6.04 Å². The average Bonchev–Trinajstić information content (AvgIpc) is 2.64. The number of aliphatic hydroxyl groups excluding tert-OH is 1. The second-order valence-electron chi connectivity index (χ2n) is 6.17. The van der Waals surface area contributed by atoms with Crippen LogP contribution >= 0.6 is 11.6 Å². The zero-order chi connectivity index (χ0) is 14.3. The highest BCUT2D eigenvalue weighted by Gasteiger charge is 2.35. The van der Waals surface area contributed by atoms with Gasteiger partial charge < -0.3 is 10.0 Å². The van der Waals surface area contributed by atoms with E-state index >= 15 is 0 Å². The molecule has 1 aromatic rings. The second-order valence-corrected chi connectivity index (χ2v) is 6.58. The molecule has 2 aliphatic heterocycles. The highest BCUT2D eigenvalue weighted by Crippen LogP contribution is 2.34. The van der Waals surface area contributed by atoms with E-state index in [1.807, 2.05) is 12.1 Å². The zero-order valence-corrected chi connectivity index (χ0v) is 13.0. The van der Waals surface area contributed by atoms with E-state index < -0.39 is 6.10 Å². The van der Waals surface area contributed by atoms with Crippen LogP contribution in [0.5, 0.6) is 0 Å². The van der Waals surface area contributed by atoms with Crippen LogP contribution in [0.25, 0.3) is 0 Å². The van der Waals surface area contributed by atoms with Gasteiger partial charge in [0.2, 0.25) is 0 Å². The molecule has 1 N–H and O–H groups in total. The molecule has 3 nitrogen and oxygen atoms in total. The molecule has 110 valence electrons. The van der Waals surface area contributed by atoms with E-state index in [1.54, 1.807) is 6.92 Å². The summed E-state index contributed by atoms with van der Waals surface area (Å²) in [5, 5.41) is 10.4. The standard InChI is InChI=1S/C16H23ClN2O/c1-11(20)12-3-6-16(15(17)9-12)19-8-7-13-4-5-14(10-19)18(13)2/h3,6,9,11,13-14,20H,4-5,7-8,10H2,1-2H3/t11-,13?,14?/m1/s1. The number of anilines is 1. The van der Waals surface area contributed by atoms with Crippen LogP contribution in [-0.2, 0) is 0 Å². The molecule has 0 amide bonds. The molecule has 1 aromatic carbocycles. The summed E-state index contributed by atoms with van der Waals surface area (Å²) in [4.78, 5) is 4.95. The number of aliphatic hydroxyl groups is 1. The van der Waals surface area contributed by atoms with E-state index in [1.165, 1.54) is 19.3 Å². The zero-order valence-electron chi connectivity index (χ0n) is 12.2. The van der Waals surface area contributed by atoms with Crippen molar-refractivity contribution in [1.82, 2.24) is 4.90 Å². The normalized spacial score (nSPS) is 28.5. The first-order valence-corrected chi connectivity index (χ1v) is 7.88. The molecule has 2 fully saturated rings. The van der Waals surface area contributed by atoms with E-state index in [-0.39, 0.29) is 0 Å². The van der Waals surface area contributed by atoms with Gasteiger partial charge in [-0.3, -0.25) is 4.90 Å². The molecule has 4 heteroatoms. The third kappa shape index (κ3) is 2.54. The van der Waals surface area contributed by atoms with Crippen LogP contribution in [0.4, 0.5) is 5.69 Å². The first-order chi connectivity index (χ1) is 9.56. The Kier molecular flexibility index (Phi) is 3.93. The number of hydrogen-bond donors (Lipinski definition) is 1. The van der Waals surface area contributed by atoms with E-state index in [0.717, 1.165) is 35.4 Å².